The van der Waals surface area contributed by atoms with Gasteiger partial charge in [-0.2, -0.15) is 0 Å². The van der Waals surface area contributed by atoms with E-state index < -0.39 is 0 Å². The molecule has 3 aromatic carbocycles. The van der Waals surface area contributed by atoms with E-state index in [1.165, 1.54) is 28.5 Å². The molecule has 0 spiro atoms. The molecule has 33 heavy (non-hydrogen) atoms. The van der Waals surface area contributed by atoms with Gasteiger partial charge in [-0.3, -0.25) is 9.36 Å². The van der Waals surface area contributed by atoms with E-state index in [0.29, 0.717) is 55.1 Å². The Kier molecular flexibility index (Phi) is 5.97. The summed E-state index contributed by atoms with van der Waals surface area (Å²) in [6, 6.07) is 15.0. The van der Waals surface area contributed by atoms with Crippen molar-refractivity contribution in [2.45, 2.75) is 17.5 Å². The largest absolute Gasteiger partial charge is 0.495 e. The third-order valence-electron chi connectivity index (χ3n) is 5.24. The van der Waals surface area contributed by atoms with E-state index in [9.17, 15) is 9.18 Å². The summed E-state index contributed by atoms with van der Waals surface area (Å²) in [4.78, 5) is 18.3. The van der Waals surface area contributed by atoms with Crippen LogP contribution in [0.25, 0.3) is 16.6 Å². The number of hydrogen-bond acceptors (Lipinski definition) is 6. The SMILES string of the molecule is COc1ccccc1-n1c(SCc2cc(F)cc3c2OCOC3)nc2cc(Cl)ccc2c1=O. The zero-order valence-electron chi connectivity index (χ0n) is 17.5. The Morgan fingerprint density at radius 3 is 2.91 bits per heavy atom. The predicted octanol–water partition coefficient (Wildman–Crippen LogP) is 5.35. The molecule has 0 saturated heterocycles. The van der Waals surface area contributed by atoms with E-state index in [0.717, 1.165) is 0 Å². The smallest absolute Gasteiger partial charge is 0.266 e. The number of aromatic nitrogens is 2. The number of para-hydroxylation sites is 2. The van der Waals surface area contributed by atoms with Crippen LogP contribution in [0.3, 0.4) is 0 Å². The number of ether oxygens (including phenoxy) is 3. The van der Waals surface area contributed by atoms with Crippen molar-refractivity contribution in [2.24, 2.45) is 0 Å². The van der Waals surface area contributed by atoms with Gasteiger partial charge in [0, 0.05) is 21.9 Å². The van der Waals surface area contributed by atoms with Crippen LogP contribution in [0.5, 0.6) is 11.5 Å². The first-order valence-electron chi connectivity index (χ1n) is 10.1. The van der Waals surface area contributed by atoms with Gasteiger partial charge in [-0.15, -0.1) is 0 Å². The van der Waals surface area contributed by atoms with Gasteiger partial charge in [0.25, 0.3) is 5.56 Å². The number of fused-ring (bicyclic) bond motifs is 2. The number of halogens is 2. The van der Waals surface area contributed by atoms with Crippen molar-refractivity contribution in [3.63, 3.8) is 0 Å². The number of benzene rings is 3. The fourth-order valence-corrected chi connectivity index (χ4v) is 4.91. The molecule has 0 aliphatic carbocycles. The molecule has 1 aliphatic heterocycles. The van der Waals surface area contributed by atoms with Gasteiger partial charge in [-0.1, -0.05) is 35.5 Å². The molecule has 0 radical (unpaired) electrons. The van der Waals surface area contributed by atoms with E-state index >= 15 is 0 Å². The second kappa shape index (κ2) is 9.05. The van der Waals surface area contributed by atoms with Gasteiger partial charge in [0.05, 0.1) is 30.3 Å². The standard InChI is InChI=1S/C24H18ClFN2O4S/c1-30-21-5-3-2-4-20(21)28-23(29)18-7-6-16(25)10-19(18)27-24(28)33-12-15-9-17(26)8-14-11-31-13-32-22(14)15/h2-10H,11-13H2,1H3. The second-order valence-corrected chi connectivity index (χ2v) is 8.70. The monoisotopic (exact) mass is 484 g/mol. The quantitative estimate of drug-likeness (QED) is 0.281. The molecule has 2 heterocycles. The number of methoxy groups -OCH3 is 1. The molecule has 1 aromatic heterocycles. The van der Waals surface area contributed by atoms with Crippen molar-refractivity contribution >= 4 is 34.3 Å². The summed E-state index contributed by atoms with van der Waals surface area (Å²) in [6.07, 6.45) is 0. The summed E-state index contributed by atoms with van der Waals surface area (Å²) in [5, 5.41) is 1.33. The topological polar surface area (TPSA) is 62.6 Å². The summed E-state index contributed by atoms with van der Waals surface area (Å²) in [5.41, 5.74) is 2.09. The van der Waals surface area contributed by atoms with Crippen LogP contribution in [-0.2, 0) is 17.1 Å². The van der Waals surface area contributed by atoms with Crippen molar-refractivity contribution < 1.29 is 18.6 Å². The molecule has 1 aliphatic rings. The summed E-state index contributed by atoms with van der Waals surface area (Å²) in [5.74, 6) is 1.08. The zero-order chi connectivity index (χ0) is 22.9. The van der Waals surface area contributed by atoms with Gasteiger partial charge in [0.1, 0.15) is 17.3 Å². The first-order chi connectivity index (χ1) is 16.0. The molecule has 9 heteroatoms. The zero-order valence-corrected chi connectivity index (χ0v) is 19.1. The number of thioether (sulfide) groups is 1. The van der Waals surface area contributed by atoms with Crippen molar-refractivity contribution in [1.82, 2.24) is 9.55 Å². The van der Waals surface area contributed by atoms with Gasteiger partial charge in [0.2, 0.25) is 0 Å². The van der Waals surface area contributed by atoms with E-state index in [4.69, 9.17) is 30.8 Å². The lowest BCUT2D eigenvalue weighted by molar-refractivity contribution is -0.0171. The van der Waals surface area contributed by atoms with Crippen LogP contribution >= 0.6 is 23.4 Å². The van der Waals surface area contributed by atoms with Gasteiger partial charge in [0.15, 0.2) is 11.9 Å². The molecule has 0 amide bonds. The van der Waals surface area contributed by atoms with Crippen LogP contribution < -0.4 is 15.0 Å². The number of hydrogen-bond donors (Lipinski definition) is 0. The van der Waals surface area contributed by atoms with E-state index in [2.05, 4.69) is 0 Å². The third kappa shape index (κ3) is 4.17. The Balaban J connectivity index is 1.65. The van der Waals surface area contributed by atoms with E-state index in [1.54, 1.807) is 37.4 Å². The summed E-state index contributed by atoms with van der Waals surface area (Å²) in [7, 11) is 1.55. The van der Waals surface area contributed by atoms with Crippen LogP contribution in [-0.4, -0.2) is 23.5 Å². The number of rotatable bonds is 5. The molecule has 0 atom stereocenters. The maximum absolute atomic E-state index is 14.2. The first kappa shape index (κ1) is 21.8. The fraction of sp³-hybridized carbons (Fsp3) is 0.167. The van der Waals surface area contributed by atoms with Gasteiger partial charge in [-0.05, 0) is 42.5 Å². The molecule has 168 valence electrons. The second-order valence-electron chi connectivity index (χ2n) is 7.32. The average Bonchev–Trinajstić information content (AvgIpc) is 2.82. The highest BCUT2D eigenvalue weighted by Crippen LogP contribution is 2.35. The van der Waals surface area contributed by atoms with Crippen molar-refractivity contribution in [2.75, 3.05) is 13.9 Å². The van der Waals surface area contributed by atoms with Crippen LogP contribution in [0, 0.1) is 5.82 Å². The highest BCUT2D eigenvalue weighted by atomic mass is 35.5. The lowest BCUT2D eigenvalue weighted by atomic mass is 10.1. The fourth-order valence-electron chi connectivity index (χ4n) is 3.77. The first-order valence-corrected chi connectivity index (χ1v) is 11.4. The van der Waals surface area contributed by atoms with Gasteiger partial charge in [-0.25, -0.2) is 9.37 Å². The highest BCUT2D eigenvalue weighted by Gasteiger charge is 2.20. The Labute approximate surface area is 197 Å². The minimum atomic E-state index is -0.376. The third-order valence-corrected chi connectivity index (χ3v) is 6.46. The summed E-state index contributed by atoms with van der Waals surface area (Å²) < 4.78 is 32.1. The summed E-state index contributed by atoms with van der Waals surface area (Å²) >= 11 is 7.45. The molecule has 0 fully saturated rings. The maximum Gasteiger partial charge on any atom is 0.266 e. The van der Waals surface area contributed by atoms with Gasteiger partial charge >= 0.3 is 0 Å². The lowest BCUT2D eigenvalue weighted by Gasteiger charge is -2.21. The molecule has 6 nitrogen and oxygen atoms in total. The molecular formula is C24H18ClFN2O4S. The molecule has 0 bridgehead atoms. The van der Waals surface area contributed by atoms with Gasteiger partial charge < -0.3 is 14.2 Å². The van der Waals surface area contributed by atoms with Crippen molar-refractivity contribution in [3.8, 4) is 17.2 Å². The highest BCUT2D eigenvalue weighted by molar-refractivity contribution is 7.98. The molecule has 5 rings (SSSR count). The van der Waals surface area contributed by atoms with Crippen molar-refractivity contribution in [3.05, 3.63) is 86.9 Å². The Hall–Kier alpha value is -3.07. The van der Waals surface area contributed by atoms with Crippen LogP contribution in [0.15, 0.2) is 64.5 Å². The minimum Gasteiger partial charge on any atom is -0.495 e. The maximum atomic E-state index is 14.2. The Morgan fingerprint density at radius 2 is 2.06 bits per heavy atom. The molecule has 0 saturated carbocycles. The van der Waals surface area contributed by atoms with Crippen LogP contribution in [0.2, 0.25) is 5.02 Å². The Bertz CT molecular complexity index is 1430. The average molecular weight is 485 g/mol. The van der Waals surface area contributed by atoms with Crippen molar-refractivity contribution in [1.29, 1.82) is 0 Å². The number of nitrogens with zero attached hydrogens (tertiary/aromatic N) is 2. The summed E-state index contributed by atoms with van der Waals surface area (Å²) in [6.45, 7) is 0.387. The predicted molar refractivity (Wildman–Crippen MR) is 125 cm³/mol. The molecule has 4 aromatic rings. The molecule has 0 unspecified atom stereocenters. The normalized spacial score (nSPS) is 12.9. The van der Waals surface area contributed by atoms with E-state index in [-0.39, 0.29) is 24.8 Å². The van der Waals surface area contributed by atoms with Crippen LogP contribution in [0.4, 0.5) is 4.39 Å². The lowest BCUT2D eigenvalue weighted by Crippen LogP contribution is -2.22. The minimum absolute atomic E-state index is 0.106. The Morgan fingerprint density at radius 1 is 1.21 bits per heavy atom. The molecular weight excluding hydrogens is 467 g/mol. The molecule has 0 N–H and O–H groups in total. The van der Waals surface area contributed by atoms with E-state index in [1.807, 2.05) is 12.1 Å². The van der Waals surface area contributed by atoms with Crippen LogP contribution in [0.1, 0.15) is 11.1 Å².